The van der Waals surface area contributed by atoms with Crippen molar-refractivity contribution in [3.05, 3.63) is 36.4 Å². The van der Waals surface area contributed by atoms with E-state index in [0.29, 0.717) is 13.2 Å². The van der Waals surface area contributed by atoms with E-state index >= 15 is 0 Å². The normalized spacial score (nSPS) is 11.9. The minimum Gasteiger partial charge on any atom is -0.490 e. The molecule has 0 heterocycles. The Hall–Kier alpha value is -1.48. The van der Waals surface area contributed by atoms with Crippen LogP contribution in [-0.2, 0) is 0 Å². The second-order valence-electron chi connectivity index (χ2n) is 3.94. The summed E-state index contributed by atoms with van der Waals surface area (Å²) in [5.41, 5.74) is 1.18. The summed E-state index contributed by atoms with van der Waals surface area (Å²) >= 11 is 0. The van der Waals surface area contributed by atoms with Gasteiger partial charge in [-0.15, -0.1) is 6.58 Å². The van der Waals surface area contributed by atoms with E-state index in [2.05, 4.69) is 18.0 Å². The van der Waals surface area contributed by atoms with Gasteiger partial charge in [0.25, 0.3) is 0 Å². The van der Waals surface area contributed by atoms with Crippen LogP contribution in [0.5, 0.6) is 11.5 Å². The van der Waals surface area contributed by atoms with E-state index < -0.39 is 0 Å². The van der Waals surface area contributed by atoms with E-state index in [9.17, 15) is 0 Å². The molecule has 0 amide bonds. The van der Waals surface area contributed by atoms with Crippen molar-refractivity contribution in [2.45, 2.75) is 26.3 Å². The predicted molar refractivity (Wildman–Crippen MR) is 75.4 cm³/mol. The Balaban J connectivity index is 3.00. The Morgan fingerprint density at radius 1 is 1.22 bits per heavy atom. The van der Waals surface area contributed by atoms with Gasteiger partial charge >= 0.3 is 0 Å². The number of hydrogen-bond acceptors (Lipinski definition) is 3. The summed E-state index contributed by atoms with van der Waals surface area (Å²) in [5, 5.41) is 3.27. The van der Waals surface area contributed by atoms with E-state index in [1.165, 1.54) is 5.56 Å². The van der Waals surface area contributed by atoms with Crippen LogP contribution in [0, 0.1) is 0 Å². The first-order valence-electron chi connectivity index (χ1n) is 6.44. The molecule has 1 atom stereocenters. The van der Waals surface area contributed by atoms with Crippen molar-refractivity contribution >= 4 is 0 Å². The fraction of sp³-hybridized carbons (Fsp3) is 0.467. The highest BCUT2D eigenvalue weighted by atomic mass is 16.5. The summed E-state index contributed by atoms with van der Waals surface area (Å²) in [7, 11) is 1.95. The highest BCUT2D eigenvalue weighted by Crippen LogP contribution is 2.31. The maximum atomic E-state index is 5.62. The standard InChI is InChI=1S/C15H23NO2/c1-5-8-13(16-4)12-9-10-14(17-6-2)15(11-12)18-7-3/h5,9-11,13,16H,1,6-8H2,2-4H3. The third-order valence-electron chi connectivity index (χ3n) is 2.72. The van der Waals surface area contributed by atoms with Crippen molar-refractivity contribution in [2.75, 3.05) is 20.3 Å². The molecule has 3 nitrogen and oxygen atoms in total. The number of rotatable bonds is 8. The minimum atomic E-state index is 0.261. The second-order valence-corrected chi connectivity index (χ2v) is 3.94. The van der Waals surface area contributed by atoms with Crippen molar-refractivity contribution in [1.29, 1.82) is 0 Å². The van der Waals surface area contributed by atoms with Crippen molar-refractivity contribution in [3.8, 4) is 11.5 Å². The highest BCUT2D eigenvalue weighted by molar-refractivity contribution is 5.44. The maximum Gasteiger partial charge on any atom is 0.161 e. The summed E-state index contributed by atoms with van der Waals surface area (Å²) in [6.07, 6.45) is 2.80. The molecule has 1 aromatic carbocycles. The fourth-order valence-corrected chi connectivity index (χ4v) is 1.87. The lowest BCUT2D eigenvalue weighted by Gasteiger charge is -2.17. The predicted octanol–water partition coefficient (Wildman–Crippen LogP) is 3.32. The van der Waals surface area contributed by atoms with Crippen LogP contribution in [0.4, 0.5) is 0 Å². The van der Waals surface area contributed by atoms with E-state index in [0.717, 1.165) is 17.9 Å². The minimum absolute atomic E-state index is 0.261. The average molecular weight is 249 g/mol. The first kappa shape index (κ1) is 14.6. The third-order valence-corrected chi connectivity index (χ3v) is 2.72. The molecule has 0 fully saturated rings. The van der Waals surface area contributed by atoms with Gasteiger partial charge in [-0.25, -0.2) is 0 Å². The van der Waals surface area contributed by atoms with Crippen molar-refractivity contribution < 1.29 is 9.47 Å². The van der Waals surface area contributed by atoms with Crippen LogP contribution in [0.2, 0.25) is 0 Å². The molecule has 1 N–H and O–H groups in total. The highest BCUT2D eigenvalue weighted by Gasteiger charge is 2.11. The van der Waals surface area contributed by atoms with Gasteiger partial charge in [-0.2, -0.15) is 0 Å². The van der Waals surface area contributed by atoms with Gasteiger partial charge in [0.15, 0.2) is 11.5 Å². The molecule has 1 aromatic rings. The summed E-state index contributed by atoms with van der Waals surface area (Å²) in [4.78, 5) is 0. The maximum absolute atomic E-state index is 5.62. The zero-order chi connectivity index (χ0) is 13.4. The van der Waals surface area contributed by atoms with E-state index in [4.69, 9.17) is 9.47 Å². The largest absolute Gasteiger partial charge is 0.490 e. The van der Waals surface area contributed by atoms with E-state index in [-0.39, 0.29) is 6.04 Å². The molecule has 0 spiro atoms. The zero-order valence-electron chi connectivity index (χ0n) is 11.5. The Kier molecular flexibility index (Phi) is 6.29. The van der Waals surface area contributed by atoms with Gasteiger partial charge in [-0.05, 0) is 45.0 Å². The summed E-state index contributed by atoms with van der Waals surface area (Å²) in [6.45, 7) is 9.00. The summed E-state index contributed by atoms with van der Waals surface area (Å²) < 4.78 is 11.2. The molecule has 0 aliphatic rings. The molecule has 0 radical (unpaired) electrons. The first-order valence-corrected chi connectivity index (χ1v) is 6.44. The molecule has 0 saturated carbocycles. The third kappa shape index (κ3) is 3.77. The summed E-state index contributed by atoms with van der Waals surface area (Å²) in [6, 6.07) is 6.34. The average Bonchev–Trinajstić information content (AvgIpc) is 2.38. The lowest BCUT2D eigenvalue weighted by atomic mass is 10.0. The molecule has 0 aliphatic heterocycles. The molecular weight excluding hydrogens is 226 g/mol. The Bertz CT molecular complexity index is 377. The van der Waals surface area contributed by atoms with Gasteiger partial charge in [0.2, 0.25) is 0 Å². The van der Waals surface area contributed by atoms with Gasteiger partial charge in [-0.3, -0.25) is 0 Å². The van der Waals surface area contributed by atoms with Crippen LogP contribution in [0.3, 0.4) is 0 Å². The van der Waals surface area contributed by atoms with Crippen molar-refractivity contribution in [2.24, 2.45) is 0 Å². The molecule has 3 heteroatoms. The summed E-state index contributed by atoms with van der Waals surface area (Å²) in [5.74, 6) is 1.61. The molecular formula is C15H23NO2. The van der Waals surface area contributed by atoms with Crippen LogP contribution in [0.25, 0.3) is 0 Å². The number of hydrogen-bond donors (Lipinski definition) is 1. The van der Waals surface area contributed by atoms with Crippen LogP contribution in [0.1, 0.15) is 31.9 Å². The van der Waals surface area contributed by atoms with E-state index in [1.807, 2.05) is 39.1 Å². The Labute approximate surface area is 110 Å². The molecule has 0 aliphatic carbocycles. The molecule has 100 valence electrons. The van der Waals surface area contributed by atoms with Crippen LogP contribution in [0.15, 0.2) is 30.9 Å². The van der Waals surface area contributed by atoms with Gasteiger partial charge < -0.3 is 14.8 Å². The fourth-order valence-electron chi connectivity index (χ4n) is 1.87. The lowest BCUT2D eigenvalue weighted by Crippen LogP contribution is -2.15. The van der Waals surface area contributed by atoms with Gasteiger partial charge in [-0.1, -0.05) is 12.1 Å². The van der Waals surface area contributed by atoms with Gasteiger partial charge in [0.1, 0.15) is 0 Å². The molecule has 1 rings (SSSR count). The second kappa shape index (κ2) is 7.77. The van der Waals surface area contributed by atoms with Gasteiger partial charge in [0, 0.05) is 6.04 Å². The Morgan fingerprint density at radius 3 is 2.44 bits per heavy atom. The molecule has 1 unspecified atom stereocenters. The molecule has 0 aromatic heterocycles. The van der Waals surface area contributed by atoms with Crippen molar-refractivity contribution in [1.82, 2.24) is 5.32 Å². The van der Waals surface area contributed by atoms with Crippen molar-refractivity contribution in [3.63, 3.8) is 0 Å². The SMILES string of the molecule is C=CCC(NC)c1ccc(OCC)c(OCC)c1. The van der Waals surface area contributed by atoms with Crippen LogP contribution in [-0.4, -0.2) is 20.3 Å². The molecule has 18 heavy (non-hydrogen) atoms. The lowest BCUT2D eigenvalue weighted by molar-refractivity contribution is 0.287. The Morgan fingerprint density at radius 2 is 1.89 bits per heavy atom. The van der Waals surface area contributed by atoms with Crippen LogP contribution >= 0.6 is 0 Å². The topological polar surface area (TPSA) is 30.5 Å². The number of ether oxygens (including phenoxy) is 2. The smallest absolute Gasteiger partial charge is 0.161 e. The quantitative estimate of drug-likeness (QED) is 0.717. The number of nitrogens with one attached hydrogen (secondary N) is 1. The van der Waals surface area contributed by atoms with Gasteiger partial charge in [0.05, 0.1) is 13.2 Å². The zero-order valence-corrected chi connectivity index (χ0v) is 11.5. The number of benzene rings is 1. The molecule has 0 bridgehead atoms. The van der Waals surface area contributed by atoms with E-state index in [1.54, 1.807) is 0 Å². The van der Waals surface area contributed by atoms with Crippen LogP contribution < -0.4 is 14.8 Å². The monoisotopic (exact) mass is 249 g/mol. The molecule has 0 saturated heterocycles. The first-order chi connectivity index (χ1) is 8.76.